The molecule has 1 atom stereocenters. The second-order valence-corrected chi connectivity index (χ2v) is 3.33. The van der Waals surface area contributed by atoms with Gasteiger partial charge in [0.05, 0.1) is 0 Å². The molecule has 1 aromatic carbocycles. The van der Waals surface area contributed by atoms with Crippen molar-refractivity contribution in [3.63, 3.8) is 0 Å². The highest BCUT2D eigenvalue weighted by molar-refractivity contribution is 5.25. The summed E-state index contributed by atoms with van der Waals surface area (Å²) in [7, 11) is 0. The van der Waals surface area contributed by atoms with Crippen LogP contribution in [0.15, 0.2) is 36.9 Å². The lowest BCUT2D eigenvalue weighted by Gasteiger charge is -2.10. The molecule has 0 spiro atoms. The van der Waals surface area contributed by atoms with Crippen LogP contribution in [0.5, 0.6) is 0 Å². The van der Waals surface area contributed by atoms with E-state index in [2.05, 4.69) is 50.0 Å². The van der Waals surface area contributed by atoms with E-state index in [9.17, 15) is 0 Å². The zero-order chi connectivity index (χ0) is 9.68. The van der Waals surface area contributed by atoms with Crippen LogP contribution in [0.4, 0.5) is 0 Å². The van der Waals surface area contributed by atoms with E-state index in [0.717, 1.165) is 6.54 Å². The third kappa shape index (κ3) is 3.03. The predicted molar refractivity (Wildman–Crippen MR) is 57.7 cm³/mol. The van der Waals surface area contributed by atoms with Crippen LogP contribution in [0.25, 0.3) is 0 Å². The fourth-order valence-corrected chi connectivity index (χ4v) is 1.16. The number of nitrogens with one attached hydrogen (secondary N) is 1. The largest absolute Gasteiger partial charge is 0.307 e. The van der Waals surface area contributed by atoms with Crippen LogP contribution >= 0.6 is 0 Å². The summed E-state index contributed by atoms with van der Waals surface area (Å²) in [6.07, 6.45) is 1.91. The van der Waals surface area contributed by atoms with Crippen LogP contribution in [-0.2, 0) is 6.54 Å². The topological polar surface area (TPSA) is 12.0 Å². The fraction of sp³-hybridized carbons (Fsp3) is 0.333. The van der Waals surface area contributed by atoms with Gasteiger partial charge in [-0.2, -0.15) is 0 Å². The lowest BCUT2D eigenvalue weighted by atomic mass is 10.1. The number of benzene rings is 1. The summed E-state index contributed by atoms with van der Waals surface area (Å²) < 4.78 is 0. The van der Waals surface area contributed by atoms with Crippen molar-refractivity contribution in [1.29, 1.82) is 0 Å². The lowest BCUT2D eigenvalue weighted by Crippen LogP contribution is -2.23. The number of aryl methyl sites for hydroxylation is 1. The Bertz CT molecular complexity index is 278. The SMILES string of the molecule is C=CC(C)NCc1ccccc1C. The Kier molecular flexibility index (Phi) is 3.71. The first-order valence-electron chi connectivity index (χ1n) is 4.64. The number of rotatable bonds is 4. The highest BCUT2D eigenvalue weighted by Gasteiger charge is 1.98. The van der Waals surface area contributed by atoms with Crippen molar-refractivity contribution in [2.75, 3.05) is 0 Å². The van der Waals surface area contributed by atoms with Crippen molar-refractivity contribution in [2.45, 2.75) is 26.4 Å². The summed E-state index contributed by atoms with van der Waals surface area (Å²) in [6.45, 7) is 8.89. The van der Waals surface area contributed by atoms with Crippen molar-refractivity contribution < 1.29 is 0 Å². The van der Waals surface area contributed by atoms with Gasteiger partial charge in [-0.05, 0) is 25.0 Å². The molecule has 0 fully saturated rings. The van der Waals surface area contributed by atoms with Gasteiger partial charge in [0, 0.05) is 12.6 Å². The Labute approximate surface area is 80.5 Å². The molecule has 0 bridgehead atoms. The van der Waals surface area contributed by atoms with E-state index in [-0.39, 0.29) is 0 Å². The van der Waals surface area contributed by atoms with E-state index in [0.29, 0.717) is 6.04 Å². The summed E-state index contributed by atoms with van der Waals surface area (Å²) in [6, 6.07) is 8.80. The summed E-state index contributed by atoms with van der Waals surface area (Å²) >= 11 is 0. The van der Waals surface area contributed by atoms with Gasteiger partial charge in [-0.15, -0.1) is 6.58 Å². The maximum absolute atomic E-state index is 3.73. The third-order valence-electron chi connectivity index (χ3n) is 2.23. The van der Waals surface area contributed by atoms with Crippen molar-refractivity contribution >= 4 is 0 Å². The standard InChI is InChI=1S/C12H17N/c1-4-11(3)13-9-12-8-6-5-7-10(12)2/h4-8,11,13H,1,9H2,2-3H3. The average Bonchev–Trinajstić information content (AvgIpc) is 2.16. The molecule has 1 aromatic rings. The van der Waals surface area contributed by atoms with Gasteiger partial charge >= 0.3 is 0 Å². The number of hydrogen-bond acceptors (Lipinski definition) is 1. The predicted octanol–water partition coefficient (Wildman–Crippen LogP) is 2.66. The fourth-order valence-electron chi connectivity index (χ4n) is 1.16. The zero-order valence-corrected chi connectivity index (χ0v) is 8.38. The van der Waals surface area contributed by atoms with Crippen LogP contribution in [0.1, 0.15) is 18.1 Å². The molecule has 0 aromatic heterocycles. The van der Waals surface area contributed by atoms with Gasteiger partial charge in [0.25, 0.3) is 0 Å². The zero-order valence-electron chi connectivity index (χ0n) is 8.38. The Morgan fingerprint density at radius 1 is 1.46 bits per heavy atom. The van der Waals surface area contributed by atoms with Gasteiger partial charge < -0.3 is 5.32 Å². The van der Waals surface area contributed by atoms with Gasteiger partial charge in [-0.1, -0.05) is 30.3 Å². The van der Waals surface area contributed by atoms with Crippen molar-refractivity contribution in [3.05, 3.63) is 48.0 Å². The molecule has 13 heavy (non-hydrogen) atoms. The van der Waals surface area contributed by atoms with E-state index in [1.807, 2.05) is 6.08 Å². The first-order valence-corrected chi connectivity index (χ1v) is 4.64. The molecule has 0 saturated heterocycles. The summed E-state index contributed by atoms with van der Waals surface area (Å²) in [5, 5.41) is 3.37. The Hall–Kier alpha value is -1.08. The minimum atomic E-state index is 0.375. The van der Waals surface area contributed by atoms with Crippen molar-refractivity contribution in [2.24, 2.45) is 0 Å². The lowest BCUT2D eigenvalue weighted by molar-refractivity contribution is 0.632. The van der Waals surface area contributed by atoms with Gasteiger partial charge in [0.2, 0.25) is 0 Å². The maximum atomic E-state index is 3.73. The Morgan fingerprint density at radius 2 is 2.15 bits per heavy atom. The monoisotopic (exact) mass is 175 g/mol. The van der Waals surface area contributed by atoms with Gasteiger partial charge in [0.1, 0.15) is 0 Å². The van der Waals surface area contributed by atoms with E-state index in [1.165, 1.54) is 11.1 Å². The Morgan fingerprint density at radius 3 is 2.77 bits per heavy atom. The first kappa shape index (κ1) is 10.0. The van der Waals surface area contributed by atoms with Gasteiger partial charge in [0.15, 0.2) is 0 Å². The summed E-state index contributed by atoms with van der Waals surface area (Å²) in [4.78, 5) is 0. The normalized spacial score (nSPS) is 12.5. The van der Waals surface area contributed by atoms with Gasteiger partial charge in [-0.3, -0.25) is 0 Å². The third-order valence-corrected chi connectivity index (χ3v) is 2.23. The molecular formula is C12H17N. The molecule has 0 aliphatic heterocycles. The van der Waals surface area contributed by atoms with Crippen molar-refractivity contribution in [1.82, 2.24) is 5.32 Å². The maximum Gasteiger partial charge on any atom is 0.0222 e. The molecule has 70 valence electrons. The molecule has 1 heteroatoms. The van der Waals surface area contributed by atoms with Gasteiger partial charge in [-0.25, -0.2) is 0 Å². The molecule has 1 N–H and O–H groups in total. The first-order chi connectivity index (χ1) is 6.24. The second-order valence-electron chi connectivity index (χ2n) is 3.33. The molecule has 1 nitrogen and oxygen atoms in total. The second kappa shape index (κ2) is 4.83. The molecular weight excluding hydrogens is 158 g/mol. The van der Waals surface area contributed by atoms with Crippen LogP contribution in [0.2, 0.25) is 0 Å². The quantitative estimate of drug-likeness (QED) is 0.694. The van der Waals surface area contributed by atoms with E-state index >= 15 is 0 Å². The smallest absolute Gasteiger partial charge is 0.0222 e. The highest BCUT2D eigenvalue weighted by Crippen LogP contribution is 2.06. The van der Waals surface area contributed by atoms with E-state index in [4.69, 9.17) is 0 Å². The molecule has 0 heterocycles. The van der Waals surface area contributed by atoms with Crippen LogP contribution in [-0.4, -0.2) is 6.04 Å². The van der Waals surface area contributed by atoms with E-state index in [1.54, 1.807) is 0 Å². The highest BCUT2D eigenvalue weighted by atomic mass is 14.9. The molecule has 1 rings (SSSR count). The van der Waals surface area contributed by atoms with Crippen LogP contribution < -0.4 is 5.32 Å². The number of hydrogen-bond donors (Lipinski definition) is 1. The minimum absolute atomic E-state index is 0.375. The molecule has 0 aliphatic rings. The van der Waals surface area contributed by atoms with Crippen molar-refractivity contribution in [3.8, 4) is 0 Å². The molecule has 0 amide bonds. The molecule has 0 radical (unpaired) electrons. The van der Waals surface area contributed by atoms with Crippen LogP contribution in [0, 0.1) is 6.92 Å². The summed E-state index contributed by atoms with van der Waals surface area (Å²) in [5.41, 5.74) is 2.70. The van der Waals surface area contributed by atoms with E-state index < -0.39 is 0 Å². The minimum Gasteiger partial charge on any atom is -0.307 e. The molecule has 0 aliphatic carbocycles. The van der Waals surface area contributed by atoms with Crippen LogP contribution in [0.3, 0.4) is 0 Å². The Balaban J connectivity index is 2.54. The molecule has 1 unspecified atom stereocenters. The molecule has 0 saturated carbocycles. The average molecular weight is 175 g/mol. The summed E-state index contributed by atoms with van der Waals surface area (Å²) in [5.74, 6) is 0.